The van der Waals surface area contributed by atoms with Crippen molar-refractivity contribution in [3.05, 3.63) is 59.5 Å². The Labute approximate surface area is 112 Å². The number of aromatic nitrogens is 1. The summed E-state index contributed by atoms with van der Waals surface area (Å²) >= 11 is 0. The van der Waals surface area contributed by atoms with Crippen LogP contribution in [-0.4, -0.2) is 12.1 Å². The Hall–Kier alpha value is -1.94. The first-order valence-electron chi connectivity index (χ1n) is 6.17. The van der Waals surface area contributed by atoms with Gasteiger partial charge in [0.2, 0.25) is 5.88 Å². The molecule has 0 amide bonds. The average Bonchev–Trinajstić information content (AvgIpc) is 2.45. The van der Waals surface area contributed by atoms with Gasteiger partial charge in [0.15, 0.2) is 0 Å². The second-order valence-electron chi connectivity index (χ2n) is 4.37. The Morgan fingerprint density at radius 2 is 2.16 bits per heavy atom. The van der Waals surface area contributed by atoms with Gasteiger partial charge in [-0.3, -0.25) is 0 Å². The summed E-state index contributed by atoms with van der Waals surface area (Å²) in [6.45, 7) is 2.68. The van der Waals surface area contributed by atoms with E-state index in [0.717, 1.165) is 11.1 Å². The second-order valence-corrected chi connectivity index (χ2v) is 4.37. The first-order valence-corrected chi connectivity index (χ1v) is 6.17. The number of halogens is 1. The maximum Gasteiger partial charge on any atom is 0.212 e. The lowest BCUT2D eigenvalue weighted by atomic mass is 10.1. The van der Waals surface area contributed by atoms with Gasteiger partial charge in [-0.25, -0.2) is 9.37 Å². The molecule has 1 aromatic heterocycles. The molecule has 0 aliphatic heterocycles. The summed E-state index contributed by atoms with van der Waals surface area (Å²) in [4.78, 5) is 4.14. The van der Waals surface area contributed by atoms with Gasteiger partial charge in [0.05, 0.1) is 7.11 Å². The maximum absolute atomic E-state index is 13.1. The number of nitrogens with one attached hydrogen (secondary N) is 1. The molecule has 2 aromatic rings. The molecule has 0 aliphatic carbocycles. The van der Waals surface area contributed by atoms with Gasteiger partial charge in [0.25, 0.3) is 0 Å². The van der Waals surface area contributed by atoms with E-state index in [2.05, 4.69) is 10.3 Å². The number of rotatable bonds is 5. The van der Waals surface area contributed by atoms with E-state index in [4.69, 9.17) is 4.74 Å². The second kappa shape index (κ2) is 6.29. The number of benzene rings is 1. The number of pyridine rings is 1. The molecule has 4 heteroatoms. The van der Waals surface area contributed by atoms with E-state index in [0.29, 0.717) is 12.4 Å². The molecule has 3 nitrogen and oxygen atoms in total. The molecule has 1 N–H and O–H groups in total. The van der Waals surface area contributed by atoms with Gasteiger partial charge in [-0.15, -0.1) is 0 Å². The van der Waals surface area contributed by atoms with E-state index in [-0.39, 0.29) is 11.9 Å². The van der Waals surface area contributed by atoms with Crippen molar-refractivity contribution in [2.24, 2.45) is 0 Å². The predicted molar refractivity (Wildman–Crippen MR) is 72.4 cm³/mol. The first-order chi connectivity index (χ1) is 9.19. The van der Waals surface area contributed by atoms with E-state index in [9.17, 15) is 4.39 Å². The Morgan fingerprint density at radius 3 is 2.79 bits per heavy atom. The lowest BCUT2D eigenvalue weighted by Crippen LogP contribution is -2.18. The Balaban J connectivity index is 1.94. The van der Waals surface area contributed by atoms with Crippen LogP contribution in [0.3, 0.4) is 0 Å². The highest BCUT2D eigenvalue weighted by Gasteiger charge is 2.05. The minimum atomic E-state index is -0.211. The first kappa shape index (κ1) is 13.5. The maximum atomic E-state index is 13.1. The van der Waals surface area contributed by atoms with Crippen molar-refractivity contribution in [3.8, 4) is 5.88 Å². The molecule has 0 saturated heterocycles. The van der Waals surface area contributed by atoms with Crippen molar-refractivity contribution in [1.82, 2.24) is 10.3 Å². The van der Waals surface area contributed by atoms with Crippen molar-refractivity contribution in [2.75, 3.05) is 7.11 Å². The third kappa shape index (κ3) is 3.76. The molecule has 0 bridgehead atoms. The van der Waals surface area contributed by atoms with E-state index < -0.39 is 0 Å². The van der Waals surface area contributed by atoms with Crippen LogP contribution in [0.15, 0.2) is 42.6 Å². The standard InChI is InChI=1S/C15H17FN2O/c1-11(13-4-3-5-14(16)8-13)17-9-12-6-7-15(19-2)18-10-12/h3-8,10-11,17H,9H2,1-2H3/t11-/m0/s1. The fraction of sp³-hybridized carbons (Fsp3) is 0.267. The van der Waals surface area contributed by atoms with Crippen LogP contribution in [0, 0.1) is 5.82 Å². The zero-order valence-corrected chi connectivity index (χ0v) is 11.1. The normalized spacial score (nSPS) is 12.2. The summed E-state index contributed by atoms with van der Waals surface area (Å²) in [5, 5.41) is 3.33. The average molecular weight is 260 g/mol. The molecule has 100 valence electrons. The molecule has 1 heterocycles. The van der Waals surface area contributed by atoms with Crippen molar-refractivity contribution in [2.45, 2.75) is 19.5 Å². The Kier molecular flexibility index (Phi) is 4.47. The van der Waals surface area contributed by atoms with Crippen molar-refractivity contribution >= 4 is 0 Å². The molecular weight excluding hydrogens is 243 g/mol. The number of hydrogen-bond acceptors (Lipinski definition) is 3. The van der Waals surface area contributed by atoms with E-state index in [1.807, 2.05) is 25.1 Å². The Bertz CT molecular complexity index is 528. The number of ether oxygens (including phenoxy) is 1. The highest BCUT2D eigenvalue weighted by Crippen LogP contribution is 2.14. The van der Waals surface area contributed by atoms with Crippen molar-refractivity contribution < 1.29 is 9.13 Å². The molecule has 2 rings (SSSR count). The van der Waals surface area contributed by atoms with Crippen molar-refractivity contribution in [3.63, 3.8) is 0 Å². The third-order valence-electron chi connectivity index (χ3n) is 2.97. The summed E-state index contributed by atoms with van der Waals surface area (Å²) in [5.41, 5.74) is 1.99. The third-order valence-corrected chi connectivity index (χ3v) is 2.97. The molecule has 0 aliphatic rings. The number of methoxy groups -OCH3 is 1. The molecule has 0 saturated carbocycles. The van der Waals surface area contributed by atoms with Gasteiger partial charge in [-0.2, -0.15) is 0 Å². The van der Waals surface area contributed by atoms with Crippen molar-refractivity contribution in [1.29, 1.82) is 0 Å². The fourth-order valence-electron chi connectivity index (χ4n) is 1.80. The topological polar surface area (TPSA) is 34.1 Å². The van der Waals surface area contributed by atoms with E-state index in [1.54, 1.807) is 25.4 Å². The van der Waals surface area contributed by atoms with Gasteiger partial charge >= 0.3 is 0 Å². The Morgan fingerprint density at radius 1 is 1.32 bits per heavy atom. The van der Waals surface area contributed by atoms with Crippen LogP contribution in [-0.2, 0) is 6.54 Å². The fourth-order valence-corrected chi connectivity index (χ4v) is 1.80. The lowest BCUT2D eigenvalue weighted by Gasteiger charge is -2.14. The van der Waals surface area contributed by atoms with Gasteiger partial charge in [-0.05, 0) is 30.2 Å². The molecule has 0 unspecified atom stereocenters. The lowest BCUT2D eigenvalue weighted by molar-refractivity contribution is 0.397. The predicted octanol–water partition coefficient (Wildman–Crippen LogP) is 3.08. The summed E-state index contributed by atoms with van der Waals surface area (Å²) in [6.07, 6.45) is 1.77. The van der Waals surface area contributed by atoms with E-state index >= 15 is 0 Å². The summed E-state index contributed by atoms with van der Waals surface area (Å²) in [7, 11) is 1.59. The molecule has 0 radical (unpaired) electrons. The van der Waals surface area contributed by atoms with E-state index in [1.165, 1.54) is 6.07 Å². The summed E-state index contributed by atoms with van der Waals surface area (Å²) < 4.78 is 18.1. The number of nitrogens with zero attached hydrogens (tertiary/aromatic N) is 1. The highest BCUT2D eigenvalue weighted by molar-refractivity contribution is 5.21. The number of hydrogen-bond donors (Lipinski definition) is 1. The molecule has 1 aromatic carbocycles. The van der Waals surface area contributed by atoms with Gasteiger partial charge in [0.1, 0.15) is 5.82 Å². The van der Waals surface area contributed by atoms with Gasteiger partial charge in [-0.1, -0.05) is 18.2 Å². The molecule has 19 heavy (non-hydrogen) atoms. The largest absolute Gasteiger partial charge is 0.481 e. The van der Waals surface area contributed by atoms with Crippen LogP contribution in [0.5, 0.6) is 5.88 Å². The van der Waals surface area contributed by atoms with Gasteiger partial charge in [0, 0.05) is 24.8 Å². The minimum Gasteiger partial charge on any atom is -0.481 e. The van der Waals surface area contributed by atoms with Crippen LogP contribution >= 0.6 is 0 Å². The quantitative estimate of drug-likeness (QED) is 0.897. The molecule has 0 spiro atoms. The zero-order valence-electron chi connectivity index (χ0n) is 11.1. The summed E-state index contributed by atoms with van der Waals surface area (Å²) in [6, 6.07) is 10.5. The monoisotopic (exact) mass is 260 g/mol. The molecule has 1 atom stereocenters. The van der Waals surface area contributed by atoms with Crippen LogP contribution in [0.2, 0.25) is 0 Å². The van der Waals surface area contributed by atoms with Crippen LogP contribution < -0.4 is 10.1 Å². The minimum absolute atomic E-state index is 0.0813. The summed E-state index contributed by atoms with van der Waals surface area (Å²) in [5.74, 6) is 0.388. The SMILES string of the molecule is COc1ccc(CN[C@@H](C)c2cccc(F)c2)cn1. The smallest absolute Gasteiger partial charge is 0.212 e. The van der Waals surface area contributed by atoms with Crippen LogP contribution in [0.4, 0.5) is 4.39 Å². The van der Waals surface area contributed by atoms with Gasteiger partial charge < -0.3 is 10.1 Å². The zero-order chi connectivity index (χ0) is 13.7. The van der Waals surface area contributed by atoms with Crippen LogP contribution in [0.1, 0.15) is 24.1 Å². The molecule has 0 fully saturated rings. The highest BCUT2D eigenvalue weighted by atomic mass is 19.1. The molecular formula is C15H17FN2O. The van der Waals surface area contributed by atoms with Crippen LogP contribution in [0.25, 0.3) is 0 Å².